The molecule has 3 atom stereocenters. The number of para-hydroxylation sites is 1. The Hall–Kier alpha value is -4.33. The van der Waals surface area contributed by atoms with Gasteiger partial charge in [0, 0.05) is 18.3 Å². The van der Waals surface area contributed by atoms with Crippen LogP contribution in [0.15, 0.2) is 84.9 Å². The first kappa shape index (κ1) is 29.6. The molecule has 4 rings (SSSR count). The van der Waals surface area contributed by atoms with Crippen LogP contribution in [0.4, 0.5) is 0 Å². The topological polar surface area (TPSA) is 103 Å². The molecule has 8 heteroatoms. The van der Waals surface area contributed by atoms with E-state index in [1.807, 2.05) is 93.6 Å². The molecule has 214 valence electrons. The van der Waals surface area contributed by atoms with Crippen LogP contribution >= 0.6 is 0 Å². The number of rotatable bonds is 15. The largest absolute Gasteiger partial charge is 0.387 e. The summed E-state index contributed by atoms with van der Waals surface area (Å²) < 4.78 is 0. The molecule has 0 aliphatic heterocycles. The molecule has 0 bridgehead atoms. The highest BCUT2D eigenvalue weighted by atomic mass is 16.7. The zero-order valence-corrected chi connectivity index (χ0v) is 23.9. The normalized spacial score (nSPS) is 13.5. The van der Waals surface area contributed by atoms with Gasteiger partial charge in [-0.15, -0.1) is 5.10 Å². The number of carbonyl (C=O) groups excluding carboxylic acids is 3. The Kier molecular flexibility index (Phi) is 10.4. The number of carbonyl (C=O) groups is 3. The van der Waals surface area contributed by atoms with Crippen molar-refractivity contribution in [2.75, 3.05) is 6.61 Å². The van der Waals surface area contributed by atoms with E-state index in [1.54, 1.807) is 12.1 Å². The van der Waals surface area contributed by atoms with Gasteiger partial charge in [0.2, 0.25) is 5.91 Å². The van der Waals surface area contributed by atoms with Crippen LogP contribution in [0.3, 0.4) is 0 Å². The number of hydrogen-bond donors (Lipinski definition) is 1. The smallest absolute Gasteiger partial charge is 0.224 e. The van der Waals surface area contributed by atoms with Crippen LogP contribution in [0.5, 0.6) is 0 Å². The maximum atomic E-state index is 13.7. The predicted molar refractivity (Wildman–Crippen MR) is 158 cm³/mol. The molecule has 0 saturated carbocycles. The first-order valence-corrected chi connectivity index (χ1v) is 14.2. The third-order valence-corrected chi connectivity index (χ3v) is 7.21. The summed E-state index contributed by atoms with van der Waals surface area (Å²) in [5, 5.41) is 11.0. The molecular formula is C33H38N4O4. The molecule has 0 saturated heterocycles. The minimum atomic E-state index is -0.833. The van der Waals surface area contributed by atoms with E-state index in [1.165, 1.54) is 4.85 Å². The molecule has 1 aromatic heterocycles. The minimum Gasteiger partial charge on any atom is -0.387 e. The highest BCUT2D eigenvalue weighted by molar-refractivity contribution is 5.94. The van der Waals surface area contributed by atoms with Gasteiger partial charge in [-0.1, -0.05) is 98.4 Å². The quantitative estimate of drug-likeness (QED) is 0.223. The van der Waals surface area contributed by atoms with Crippen molar-refractivity contribution in [3.63, 3.8) is 0 Å². The van der Waals surface area contributed by atoms with Gasteiger partial charge in [0.1, 0.15) is 16.8 Å². The lowest BCUT2D eigenvalue weighted by molar-refractivity contribution is -0.134. The van der Waals surface area contributed by atoms with Crippen LogP contribution in [0.1, 0.15) is 57.1 Å². The highest BCUT2D eigenvalue weighted by Gasteiger charge is 2.30. The van der Waals surface area contributed by atoms with Gasteiger partial charge in [-0.05, 0) is 53.7 Å². The van der Waals surface area contributed by atoms with Gasteiger partial charge in [0.05, 0.1) is 6.04 Å². The van der Waals surface area contributed by atoms with Gasteiger partial charge in [0.15, 0.2) is 12.4 Å². The fourth-order valence-corrected chi connectivity index (χ4v) is 5.12. The summed E-state index contributed by atoms with van der Waals surface area (Å²) in [5.41, 5.74) is 3.15. The molecule has 41 heavy (non-hydrogen) atoms. The lowest BCUT2D eigenvalue weighted by Gasteiger charge is -2.24. The second-order valence-electron chi connectivity index (χ2n) is 10.8. The van der Waals surface area contributed by atoms with Gasteiger partial charge in [0.25, 0.3) is 0 Å². The number of nitrogens with one attached hydrogen (secondary N) is 1. The van der Waals surface area contributed by atoms with E-state index in [0.29, 0.717) is 30.3 Å². The number of fused-ring (bicyclic) bond motifs is 1. The Bertz CT molecular complexity index is 1440. The van der Waals surface area contributed by atoms with Crippen LogP contribution in [0.25, 0.3) is 11.0 Å². The Labute approximate surface area is 241 Å². The van der Waals surface area contributed by atoms with Crippen LogP contribution in [0.2, 0.25) is 0 Å². The van der Waals surface area contributed by atoms with Gasteiger partial charge in [-0.25, -0.2) is 0 Å². The summed E-state index contributed by atoms with van der Waals surface area (Å²) in [4.78, 5) is 47.5. The number of hydrogen-bond acceptors (Lipinski definition) is 6. The van der Waals surface area contributed by atoms with E-state index in [4.69, 9.17) is 4.84 Å². The fraction of sp³-hybridized carbons (Fsp3) is 0.364. The number of amides is 1. The molecule has 0 aliphatic rings. The lowest BCUT2D eigenvalue weighted by Crippen LogP contribution is -2.47. The average molecular weight is 555 g/mol. The Morgan fingerprint density at radius 2 is 1.54 bits per heavy atom. The van der Waals surface area contributed by atoms with Gasteiger partial charge in [-0.2, -0.15) is 0 Å². The third-order valence-electron chi connectivity index (χ3n) is 7.21. The van der Waals surface area contributed by atoms with Crippen molar-refractivity contribution in [2.45, 2.75) is 58.4 Å². The monoisotopic (exact) mass is 554 g/mol. The maximum absolute atomic E-state index is 13.7. The van der Waals surface area contributed by atoms with Crippen molar-refractivity contribution in [1.82, 2.24) is 20.5 Å². The summed E-state index contributed by atoms with van der Waals surface area (Å²) in [7, 11) is 0. The van der Waals surface area contributed by atoms with E-state index in [2.05, 4.69) is 15.6 Å². The van der Waals surface area contributed by atoms with Crippen LogP contribution in [-0.2, 0) is 20.8 Å². The second kappa shape index (κ2) is 14.3. The molecule has 3 aromatic carbocycles. The Balaban J connectivity index is 1.49. The molecule has 1 N–H and O–H groups in total. The first-order valence-electron chi connectivity index (χ1n) is 14.2. The molecule has 0 radical (unpaired) electrons. The van der Waals surface area contributed by atoms with Crippen LogP contribution in [-0.4, -0.2) is 45.3 Å². The first-order chi connectivity index (χ1) is 19.9. The second-order valence-corrected chi connectivity index (χ2v) is 10.8. The SMILES string of the molecule is CC[C@H](C(=O)C[C@@H](CC(C)C)C(=O)NC(Cc1ccccc1)C(=O)COn1nnc2ccccc21)c1ccccc1. The van der Waals surface area contributed by atoms with E-state index in [-0.39, 0.29) is 42.3 Å². The maximum Gasteiger partial charge on any atom is 0.224 e. The standard InChI is InChI=1S/C33H38N4O4/c1-4-27(25-15-9-6-10-16-25)31(38)21-26(19-23(2)3)33(40)34-29(20-24-13-7-5-8-14-24)32(39)22-41-37-30-18-12-11-17-28(30)35-36-37/h5-18,23,26-27,29H,4,19-22H2,1-3H3,(H,34,40)/t26-,27+,29?/m1/s1. The summed E-state index contributed by atoms with van der Waals surface area (Å²) >= 11 is 0. The fourth-order valence-electron chi connectivity index (χ4n) is 5.12. The lowest BCUT2D eigenvalue weighted by atomic mass is 9.84. The van der Waals surface area contributed by atoms with Crippen molar-refractivity contribution < 1.29 is 19.2 Å². The average Bonchev–Trinajstić information content (AvgIpc) is 3.39. The molecule has 4 aromatic rings. The van der Waals surface area contributed by atoms with Crippen molar-refractivity contribution in [1.29, 1.82) is 0 Å². The number of nitrogens with zero attached hydrogens (tertiary/aromatic N) is 3. The van der Waals surface area contributed by atoms with E-state index in [9.17, 15) is 14.4 Å². The van der Waals surface area contributed by atoms with Crippen molar-refractivity contribution >= 4 is 28.5 Å². The van der Waals surface area contributed by atoms with Crippen molar-refractivity contribution in [2.24, 2.45) is 11.8 Å². The molecule has 1 heterocycles. The molecule has 1 unspecified atom stereocenters. The van der Waals surface area contributed by atoms with E-state index in [0.717, 1.165) is 11.1 Å². The zero-order chi connectivity index (χ0) is 29.2. The van der Waals surface area contributed by atoms with Crippen LogP contribution in [0, 0.1) is 11.8 Å². The number of benzene rings is 3. The number of Topliss-reactive ketones (excluding diaryl/α,β-unsaturated/α-hetero) is 2. The minimum absolute atomic E-state index is 0.0341. The molecular weight excluding hydrogens is 516 g/mol. The molecule has 0 spiro atoms. The van der Waals surface area contributed by atoms with Crippen molar-refractivity contribution in [3.05, 3.63) is 96.1 Å². The van der Waals surface area contributed by atoms with Gasteiger partial charge >= 0.3 is 0 Å². The summed E-state index contributed by atoms with van der Waals surface area (Å²) in [6.07, 6.45) is 1.61. The van der Waals surface area contributed by atoms with Gasteiger partial charge in [-0.3, -0.25) is 14.4 Å². The molecule has 0 aliphatic carbocycles. The van der Waals surface area contributed by atoms with E-state index < -0.39 is 12.0 Å². The summed E-state index contributed by atoms with van der Waals surface area (Å²) in [5.74, 6) is -1.19. The number of aromatic nitrogens is 3. The highest BCUT2D eigenvalue weighted by Crippen LogP contribution is 2.26. The Morgan fingerprint density at radius 1 is 0.878 bits per heavy atom. The molecule has 0 fully saturated rings. The predicted octanol–water partition coefficient (Wildman–Crippen LogP) is 4.97. The molecule has 1 amide bonds. The van der Waals surface area contributed by atoms with Crippen LogP contribution < -0.4 is 10.2 Å². The summed E-state index contributed by atoms with van der Waals surface area (Å²) in [6, 6.07) is 25.7. The molecule has 8 nitrogen and oxygen atoms in total. The number of ketones is 2. The summed E-state index contributed by atoms with van der Waals surface area (Å²) in [6.45, 7) is 5.75. The Morgan fingerprint density at radius 3 is 2.22 bits per heavy atom. The van der Waals surface area contributed by atoms with E-state index >= 15 is 0 Å². The van der Waals surface area contributed by atoms with Crippen molar-refractivity contribution in [3.8, 4) is 0 Å². The van der Waals surface area contributed by atoms with Gasteiger partial charge < -0.3 is 10.2 Å². The zero-order valence-electron chi connectivity index (χ0n) is 23.9. The third kappa shape index (κ3) is 8.10.